The first kappa shape index (κ1) is 14.6. The number of amides is 1. The van der Waals surface area contributed by atoms with E-state index in [1.807, 2.05) is 24.3 Å². The Kier molecular flexibility index (Phi) is 3.42. The van der Waals surface area contributed by atoms with E-state index >= 15 is 0 Å². The van der Waals surface area contributed by atoms with Crippen molar-refractivity contribution in [3.63, 3.8) is 0 Å². The van der Waals surface area contributed by atoms with Crippen LogP contribution in [0.5, 0.6) is 0 Å². The lowest BCUT2D eigenvalue weighted by Gasteiger charge is -2.22. The Labute approximate surface area is 140 Å². The minimum atomic E-state index is -1.04. The second-order valence-electron chi connectivity index (χ2n) is 5.39. The summed E-state index contributed by atoms with van der Waals surface area (Å²) in [4.78, 5) is 28.3. The number of rotatable bonds is 3. The number of nitrogens with zero attached hydrogens (tertiary/aromatic N) is 3. The number of para-hydroxylation sites is 1. The van der Waals surface area contributed by atoms with E-state index in [0.29, 0.717) is 16.1 Å². The molecule has 2 aromatic carbocycles. The second kappa shape index (κ2) is 5.61. The van der Waals surface area contributed by atoms with Crippen molar-refractivity contribution in [1.29, 1.82) is 0 Å². The second-order valence-corrected chi connectivity index (χ2v) is 6.45. The first-order valence-electron chi connectivity index (χ1n) is 7.27. The summed E-state index contributed by atoms with van der Waals surface area (Å²) >= 11 is 1.32. The van der Waals surface area contributed by atoms with E-state index < -0.39 is 23.8 Å². The van der Waals surface area contributed by atoms with Crippen molar-refractivity contribution < 1.29 is 14.7 Å². The fourth-order valence-corrected chi connectivity index (χ4v) is 3.92. The van der Waals surface area contributed by atoms with Crippen LogP contribution in [-0.4, -0.2) is 22.0 Å². The van der Waals surface area contributed by atoms with Gasteiger partial charge < -0.3 is 5.11 Å². The summed E-state index contributed by atoms with van der Waals surface area (Å²) < 4.78 is 0.913. The molecule has 4 rings (SSSR count). The molecule has 0 aliphatic carbocycles. The third-order valence-electron chi connectivity index (χ3n) is 3.94. The molecule has 0 saturated carbocycles. The number of carboxylic acid groups (broad SMARTS) is 1. The highest BCUT2D eigenvalue weighted by Gasteiger charge is 2.38. The average Bonchev–Trinajstić information content (AvgIpc) is 3.00. The molecule has 3 aromatic rings. The lowest BCUT2D eigenvalue weighted by atomic mass is 9.89. The standard InChI is InChI=1S/C17H11N3O3S/c21-15-10-6-2-1-5-9(10)14(19-20-15)13(17(22)23)16-18-11-7-3-4-8-12(11)24-16/h1-8,13-14H,(H,22,23). The zero-order chi connectivity index (χ0) is 16.7. The minimum Gasteiger partial charge on any atom is -0.481 e. The van der Waals surface area contributed by atoms with Gasteiger partial charge in [0.1, 0.15) is 17.0 Å². The summed E-state index contributed by atoms with van der Waals surface area (Å²) in [6.45, 7) is 0. The van der Waals surface area contributed by atoms with Gasteiger partial charge in [-0.1, -0.05) is 30.3 Å². The predicted octanol–water partition coefficient (Wildman–Crippen LogP) is 3.81. The SMILES string of the molecule is O=C1N=NC(C(C(=O)O)c2nc3ccccc3s2)c2ccccc21. The van der Waals surface area contributed by atoms with Crippen molar-refractivity contribution in [1.82, 2.24) is 4.98 Å². The number of carboxylic acids is 1. The van der Waals surface area contributed by atoms with Crippen LogP contribution in [0.3, 0.4) is 0 Å². The minimum absolute atomic E-state index is 0.393. The van der Waals surface area contributed by atoms with Gasteiger partial charge in [0, 0.05) is 5.56 Å². The van der Waals surface area contributed by atoms with E-state index in [1.165, 1.54) is 11.3 Å². The zero-order valence-electron chi connectivity index (χ0n) is 12.3. The maximum atomic E-state index is 11.9. The van der Waals surface area contributed by atoms with Crippen molar-refractivity contribution in [3.8, 4) is 0 Å². The van der Waals surface area contributed by atoms with E-state index in [4.69, 9.17) is 0 Å². The van der Waals surface area contributed by atoms with Gasteiger partial charge in [0.05, 0.1) is 10.2 Å². The molecule has 0 bridgehead atoms. The van der Waals surface area contributed by atoms with Gasteiger partial charge in [-0.05, 0) is 23.8 Å². The Morgan fingerprint density at radius 3 is 2.67 bits per heavy atom. The van der Waals surface area contributed by atoms with Crippen LogP contribution >= 0.6 is 11.3 Å². The fraction of sp³-hybridized carbons (Fsp3) is 0.118. The molecule has 0 spiro atoms. The number of thiazole rings is 1. The summed E-state index contributed by atoms with van der Waals surface area (Å²) in [5, 5.41) is 17.8. The van der Waals surface area contributed by atoms with E-state index in [2.05, 4.69) is 15.2 Å². The number of hydrogen-bond acceptors (Lipinski definition) is 5. The largest absolute Gasteiger partial charge is 0.481 e. The molecule has 2 unspecified atom stereocenters. The fourth-order valence-electron chi connectivity index (χ4n) is 2.83. The number of azo groups is 1. The molecule has 0 radical (unpaired) electrons. The number of hydrogen-bond donors (Lipinski definition) is 1. The van der Waals surface area contributed by atoms with Gasteiger partial charge in [0.25, 0.3) is 5.91 Å². The summed E-state index contributed by atoms with van der Waals surface area (Å²) in [6, 6.07) is 13.6. The van der Waals surface area contributed by atoms with Crippen molar-refractivity contribution >= 4 is 33.4 Å². The summed E-state index contributed by atoms with van der Waals surface area (Å²) in [6.07, 6.45) is 0. The van der Waals surface area contributed by atoms with Crippen LogP contribution in [0.25, 0.3) is 10.2 Å². The highest BCUT2D eigenvalue weighted by atomic mass is 32.1. The first-order chi connectivity index (χ1) is 11.6. The molecule has 1 N–H and O–H groups in total. The van der Waals surface area contributed by atoms with Crippen molar-refractivity contribution in [2.75, 3.05) is 0 Å². The topological polar surface area (TPSA) is 92.0 Å². The third-order valence-corrected chi connectivity index (χ3v) is 5.06. The maximum absolute atomic E-state index is 11.9. The Balaban J connectivity index is 1.86. The van der Waals surface area contributed by atoms with Crippen LogP contribution < -0.4 is 0 Å². The Morgan fingerprint density at radius 2 is 1.88 bits per heavy atom. The molecule has 1 aliphatic rings. The molecule has 6 nitrogen and oxygen atoms in total. The molecular weight excluding hydrogens is 326 g/mol. The molecule has 2 atom stereocenters. The Bertz CT molecular complexity index is 962. The predicted molar refractivity (Wildman–Crippen MR) is 88.4 cm³/mol. The normalized spacial score (nSPS) is 17.7. The van der Waals surface area contributed by atoms with Crippen molar-refractivity contribution in [2.24, 2.45) is 10.2 Å². The molecular formula is C17H11N3O3S. The number of aromatic nitrogens is 1. The number of benzene rings is 2. The number of carbonyl (C=O) groups is 2. The van der Waals surface area contributed by atoms with Crippen LogP contribution in [0, 0.1) is 0 Å². The van der Waals surface area contributed by atoms with Crippen molar-refractivity contribution in [3.05, 3.63) is 64.7 Å². The molecule has 1 amide bonds. The van der Waals surface area contributed by atoms with E-state index in [1.54, 1.807) is 24.3 Å². The van der Waals surface area contributed by atoms with E-state index in [9.17, 15) is 14.7 Å². The average molecular weight is 337 g/mol. The molecule has 0 saturated heterocycles. The van der Waals surface area contributed by atoms with Gasteiger partial charge in [-0.2, -0.15) is 5.11 Å². The molecule has 1 aromatic heterocycles. The van der Waals surface area contributed by atoms with Gasteiger partial charge in [-0.25, -0.2) is 4.98 Å². The van der Waals surface area contributed by atoms with E-state index in [0.717, 1.165) is 10.2 Å². The van der Waals surface area contributed by atoms with Crippen molar-refractivity contribution in [2.45, 2.75) is 12.0 Å². The van der Waals surface area contributed by atoms with Gasteiger partial charge >= 0.3 is 5.97 Å². The van der Waals surface area contributed by atoms with Gasteiger partial charge in [-0.15, -0.1) is 16.5 Å². The first-order valence-corrected chi connectivity index (χ1v) is 8.09. The highest BCUT2D eigenvalue weighted by Crippen LogP contribution is 2.41. The van der Waals surface area contributed by atoms with Gasteiger partial charge in [0.15, 0.2) is 0 Å². The van der Waals surface area contributed by atoms with Gasteiger partial charge in [-0.3, -0.25) is 9.59 Å². The molecule has 118 valence electrons. The molecule has 0 fully saturated rings. The number of carbonyl (C=O) groups excluding carboxylic acids is 1. The summed E-state index contributed by atoms with van der Waals surface area (Å²) in [5.41, 5.74) is 1.72. The van der Waals surface area contributed by atoms with E-state index in [-0.39, 0.29) is 0 Å². The highest BCUT2D eigenvalue weighted by molar-refractivity contribution is 7.18. The Hall–Kier alpha value is -2.93. The number of fused-ring (bicyclic) bond motifs is 2. The third kappa shape index (κ3) is 2.30. The summed E-state index contributed by atoms with van der Waals surface area (Å²) in [7, 11) is 0. The van der Waals surface area contributed by atoms with Crippen LogP contribution in [0.4, 0.5) is 0 Å². The van der Waals surface area contributed by atoms with Crippen LogP contribution in [0.15, 0.2) is 58.8 Å². The van der Waals surface area contributed by atoms with Crippen LogP contribution in [0.2, 0.25) is 0 Å². The lowest BCUT2D eigenvalue weighted by molar-refractivity contribution is -0.139. The number of aliphatic carboxylic acids is 1. The monoisotopic (exact) mass is 337 g/mol. The van der Waals surface area contributed by atoms with Crippen LogP contribution in [0.1, 0.15) is 32.9 Å². The smallest absolute Gasteiger partial charge is 0.316 e. The molecule has 7 heteroatoms. The van der Waals surface area contributed by atoms with Gasteiger partial charge in [0.2, 0.25) is 0 Å². The molecule has 2 heterocycles. The zero-order valence-corrected chi connectivity index (χ0v) is 13.1. The van der Waals surface area contributed by atoms with Crippen LogP contribution in [-0.2, 0) is 4.79 Å². The maximum Gasteiger partial charge on any atom is 0.316 e. The quantitative estimate of drug-likeness (QED) is 0.786. The lowest BCUT2D eigenvalue weighted by Crippen LogP contribution is -2.22. The molecule has 1 aliphatic heterocycles. The summed E-state index contributed by atoms with van der Waals surface area (Å²) in [5.74, 6) is -2.47. The molecule has 24 heavy (non-hydrogen) atoms. The Morgan fingerprint density at radius 1 is 1.12 bits per heavy atom.